The predicted octanol–water partition coefficient (Wildman–Crippen LogP) is 2.41. The van der Waals surface area contributed by atoms with E-state index in [0.29, 0.717) is 48.6 Å². The predicted molar refractivity (Wildman–Crippen MR) is 112 cm³/mol. The van der Waals surface area contributed by atoms with E-state index in [1.807, 2.05) is 0 Å². The van der Waals surface area contributed by atoms with E-state index in [1.54, 1.807) is 48.4 Å². The molecule has 0 spiro atoms. The number of nitrogens with one attached hydrogen (secondary N) is 1. The second-order valence-corrected chi connectivity index (χ2v) is 6.96. The van der Waals surface area contributed by atoms with Gasteiger partial charge in [-0.25, -0.2) is 5.43 Å². The number of likely N-dealkylation sites (tertiary alicyclic amines) is 1. The highest BCUT2D eigenvalue weighted by atomic mass is 16.5. The summed E-state index contributed by atoms with van der Waals surface area (Å²) in [5, 5.41) is 13.6. The monoisotopic (exact) mass is 411 g/mol. The van der Waals surface area contributed by atoms with E-state index < -0.39 is 0 Å². The summed E-state index contributed by atoms with van der Waals surface area (Å²) in [6.45, 7) is 1.01. The number of amides is 2. The molecule has 1 aliphatic rings. The summed E-state index contributed by atoms with van der Waals surface area (Å²) in [6.07, 6.45) is 2.63. The van der Waals surface area contributed by atoms with Gasteiger partial charge in [-0.3, -0.25) is 9.59 Å². The number of piperidine rings is 1. The number of methoxy groups -OCH3 is 2. The van der Waals surface area contributed by atoms with Gasteiger partial charge in [0.25, 0.3) is 5.91 Å². The Morgan fingerprint density at radius 2 is 1.90 bits per heavy atom. The molecule has 0 saturated carbocycles. The number of phenolic OH excluding ortho intramolecular Hbond substituents is 1. The Morgan fingerprint density at radius 1 is 1.13 bits per heavy atom. The van der Waals surface area contributed by atoms with Crippen LogP contribution in [0.25, 0.3) is 0 Å². The van der Waals surface area contributed by atoms with Crippen LogP contribution in [0.2, 0.25) is 0 Å². The number of carbonyl (C=O) groups is 2. The normalized spacial score (nSPS) is 14.5. The average Bonchev–Trinajstić information content (AvgIpc) is 2.79. The molecule has 0 atom stereocenters. The molecule has 30 heavy (non-hydrogen) atoms. The first-order valence-corrected chi connectivity index (χ1v) is 9.65. The molecule has 2 N–H and O–H groups in total. The van der Waals surface area contributed by atoms with Crippen molar-refractivity contribution >= 4 is 18.0 Å². The summed E-state index contributed by atoms with van der Waals surface area (Å²) < 4.78 is 10.2. The average molecular weight is 411 g/mol. The fourth-order valence-electron chi connectivity index (χ4n) is 3.32. The van der Waals surface area contributed by atoms with E-state index in [2.05, 4.69) is 10.5 Å². The molecule has 8 heteroatoms. The van der Waals surface area contributed by atoms with Gasteiger partial charge in [-0.05, 0) is 54.8 Å². The molecule has 0 aliphatic carbocycles. The minimum atomic E-state index is -0.203. The van der Waals surface area contributed by atoms with E-state index in [1.165, 1.54) is 19.4 Å². The van der Waals surface area contributed by atoms with Gasteiger partial charge in [0, 0.05) is 24.6 Å². The van der Waals surface area contributed by atoms with Crippen LogP contribution in [-0.4, -0.2) is 55.3 Å². The zero-order valence-electron chi connectivity index (χ0n) is 17.0. The molecule has 0 radical (unpaired) electrons. The summed E-state index contributed by atoms with van der Waals surface area (Å²) in [6, 6.07) is 11.8. The zero-order chi connectivity index (χ0) is 21.5. The SMILES string of the molecule is COc1cccc(C(=O)N2CCC(C(=O)N/N=C\c3ccc(O)c(OC)c3)CC2)c1. The van der Waals surface area contributed by atoms with Crippen LogP contribution in [-0.2, 0) is 4.79 Å². The van der Waals surface area contributed by atoms with Crippen LogP contribution >= 0.6 is 0 Å². The van der Waals surface area contributed by atoms with Crippen LogP contribution in [0.5, 0.6) is 17.2 Å². The lowest BCUT2D eigenvalue weighted by atomic mass is 9.95. The maximum atomic E-state index is 12.7. The number of ether oxygens (including phenoxy) is 2. The third-order valence-electron chi connectivity index (χ3n) is 5.06. The minimum Gasteiger partial charge on any atom is -0.504 e. The Bertz CT molecular complexity index is 936. The van der Waals surface area contributed by atoms with Crippen molar-refractivity contribution in [3.05, 3.63) is 53.6 Å². The van der Waals surface area contributed by atoms with Crippen molar-refractivity contribution in [2.24, 2.45) is 11.0 Å². The van der Waals surface area contributed by atoms with Crippen LogP contribution in [0.15, 0.2) is 47.6 Å². The number of hydrogen-bond acceptors (Lipinski definition) is 6. The second kappa shape index (κ2) is 9.78. The number of aromatic hydroxyl groups is 1. The molecule has 0 bridgehead atoms. The summed E-state index contributed by atoms with van der Waals surface area (Å²) in [5.41, 5.74) is 3.81. The Labute approximate surface area is 175 Å². The molecule has 8 nitrogen and oxygen atoms in total. The number of rotatable bonds is 6. The van der Waals surface area contributed by atoms with E-state index in [0.717, 1.165) is 0 Å². The molecular formula is C22H25N3O5. The molecule has 1 aliphatic heterocycles. The Kier molecular flexibility index (Phi) is 6.90. The second-order valence-electron chi connectivity index (χ2n) is 6.96. The van der Waals surface area contributed by atoms with Gasteiger partial charge in [-0.1, -0.05) is 6.07 Å². The minimum absolute atomic E-state index is 0.0361. The first kappa shape index (κ1) is 21.2. The molecule has 3 rings (SSSR count). The van der Waals surface area contributed by atoms with Gasteiger partial charge in [0.05, 0.1) is 20.4 Å². The lowest BCUT2D eigenvalue weighted by Gasteiger charge is -2.31. The van der Waals surface area contributed by atoms with Crippen LogP contribution in [0.3, 0.4) is 0 Å². The number of hydrazone groups is 1. The fourth-order valence-corrected chi connectivity index (χ4v) is 3.32. The third-order valence-corrected chi connectivity index (χ3v) is 5.06. The summed E-state index contributed by atoms with van der Waals surface area (Å²) >= 11 is 0. The van der Waals surface area contributed by atoms with Gasteiger partial charge in [-0.15, -0.1) is 0 Å². The number of nitrogens with zero attached hydrogens (tertiary/aromatic N) is 2. The van der Waals surface area contributed by atoms with Crippen molar-refractivity contribution in [2.75, 3.05) is 27.3 Å². The first-order chi connectivity index (χ1) is 14.5. The van der Waals surface area contributed by atoms with Gasteiger partial charge < -0.3 is 19.5 Å². The molecule has 158 valence electrons. The Balaban J connectivity index is 1.51. The molecule has 1 heterocycles. The van der Waals surface area contributed by atoms with Gasteiger partial charge in [0.15, 0.2) is 11.5 Å². The van der Waals surface area contributed by atoms with Crippen LogP contribution < -0.4 is 14.9 Å². The fraction of sp³-hybridized carbons (Fsp3) is 0.318. The molecule has 1 saturated heterocycles. The van der Waals surface area contributed by atoms with Gasteiger partial charge in [0.1, 0.15) is 5.75 Å². The Morgan fingerprint density at radius 3 is 2.60 bits per heavy atom. The van der Waals surface area contributed by atoms with Crippen LogP contribution in [0, 0.1) is 5.92 Å². The van der Waals surface area contributed by atoms with Gasteiger partial charge in [-0.2, -0.15) is 5.10 Å². The first-order valence-electron chi connectivity index (χ1n) is 9.65. The molecule has 0 aromatic heterocycles. The van der Waals surface area contributed by atoms with Gasteiger partial charge in [0.2, 0.25) is 5.91 Å². The molecule has 2 amide bonds. The molecular weight excluding hydrogens is 386 g/mol. The number of benzene rings is 2. The highest BCUT2D eigenvalue weighted by molar-refractivity contribution is 5.94. The van der Waals surface area contributed by atoms with Crippen LogP contribution in [0.4, 0.5) is 0 Å². The molecule has 2 aromatic rings. The van der Waals surface area contributed by atoms with Crippen molar-refractivity contribution in [1.82, 2.24) is 10.3 Å². The van der Waals surface area contributed by atoms with Crippen molar-refractivity contribution < 1.29 is 24.2 Å². The van der Waals surface area contributed by atoms with Crippen molar-refractivity contribution in [3.63, 3.8) is 0 Å². The maximum absolute atomic E-state index is 12.7. The topological polar surface area (TPSA) is 100 Å². The quantitative estimate of drug-likeness (QED) is 0.562. The highest BCUT2D eigenvalue weighted by Crippen LogP contribution is 2.25. The van der Waals surface area contributed by atoms with E-state index in [4.69, 9.17) is 9.47 Å². The summed E-state index contributed by atoms with van der Waals surface area (Å²) in [4.78, 5) is 26.8. The van der Waals surface area contributed by atoms with E-state index in [9.17, 15) is 14.7 Å². The zero-order valence-corrected chi connectivity index (χ0v) is 17.0. The smallest absolute Gasteiger partial charge is 0.253 e. The summed E-state index contributed by atoms with van der Waals surface area (Å²) in [7, 11) is 3.03. The molecule has 1 fully saturated rings. The third kappa shape index (κ3) is 5.08. The highest BCUT2D eigenvalue weighted by Gasteiger charge is 2.27. The summed E-state index contributed by atoms with van der Waals surface area (Å²) in [5.74, 6) is 0.565. The van der Waals surface area contributed by atoms with Crippen molar-refractivity contribution in [2.45, 2.75) is 12.8 Å². The number of hydrogen-bond donors (Lipinski definition) is 2. The van der Waals surface area contributed by atoms with Crippen molar-refractivity contribution in [3.8, 4) is 17.2 Å². The Hall–Kier alpha value is -3.55. The van der Waals surface area contributed by atoms with Crippen LogP contribution in [0.1, 0.15) is 28.8 Å². The molecule has 0 unspecified atom stereocenters. The van der Waals surface area contributed by atoms with Gasteiger partial charge >= 0.3 is 0 Å². The largest absolute Gasteiger partial charge is 0.504 e. The standard InChI is InChI=1S/C22H25N3O5/c1-29-18-5-3-4-17(13-18)22(28)25-10-8-16(9-11-25)21(27)24-23-14-15-6-7-19(26)20(12-15)30-2/h3-7,12-14,16,26H,8-11H2,1-2H3,(H,24,27)/b23-14-. The number of phenols is 1. The van der Waals surface area contributed by atoms with Crippen molar-refractivity contribution in [1.29, 1.82) is 0 Å². The lowest BCUT2D eigenvalue weighted by Crippen LogP contribution is -2.42. The van der Waals surface area contributed by atoms with E-state index >= 15 is 0 Å². The molecule has 2 aromatic carbocycles. The maximum Gasteiger partial charge on any atom is 0.253 e. The number of carbonyl (C=O) groups excluding carboxylic acids is 2. The van der Waals surface area contributed by atoms with E-state index in [-0.39, 0.29) is 23.5 Å². The lowest BCUT2D eigenvalue weighted by molar-refractivity contribution is -0.126.